The van der Waals surface area contributed by atoms with Crippen molar-refractivity contribution in [3.8, 4) is 0 Å². The minimum Gasteiger partial charge on any atom is -0.466 e. The molecule has 0 N–H and O–H groups in total. The maximum atomic E-state index is 11.6. The lowest BCUT2D eigenvalue weighted by Gasteiger charge is -2.37. The summed E-state index contributed by atoms with van der Waals surface area (Å²) in [5.41, 5.74) is 0.324. The topological polar surface area (TPSA) is 52.6 Å². The summed E-state index contributed by atoms with van der Waals surface area (Å²) in [6.07, 6.45) is 4.16. The standard InChI is InChI=1S/C15H26O4/c1-5-18-13(16)9-14(17)19-11(2)12-7-6-8-15(3,4)10-12/h11-12H,5-10H2,1-4H3/t11-,12+/m0/s1. The highest BCUT2D eigenvalue weighted by Gasteiger charge is 2.32. The molecule has 4 heteroatoms. The highest BCUT2D eigenvalue weighted by atomic mass is 16.6. The number of carbonyl (C=O) groups is 2. The zero-order valence-corrected chi connectivity index (χ0v) is 12.5. The van der Waals surface area contributed by atoms with Gasteiger partial charge in [-0.05, 0) is 44.4 Å². The van der Waals surface area contributed by atoms with E-state index in [1.807, 2.05) is 6.92 Å². The monoisotopic (exact) mass is 270 g/mol. The van der Waals surface area contributed by atoms with Crippen molar-refractivity contribution >= 4 is 11.9 Å². The highest BCUT2D eigenvalue weighted by molar-refractivity contribution is 5.91. The SMILES string of the molecule is CCOC(=O)CC(=O)O[C@@H](C)[C@@H]1CCCC(C)(C)C1. The minimum atomic E-state index is -0.510. The lowest BCUT2D eigenvalue weighted by Crippen LogP contribution is -2.32. The quantitative estimate of drug-likeness (QED) is 0.569. The highest BCUT2D eigenvalue weighted by Crippen LogP contribution is 2.40. The van der Waals surface area contributed by atoms with Crippen LogP contribution < -0.4 is 0 Å². The Morgan fingerprint density at radius 3 is 2.58 bits per heavy atom. The van der Waals surface area contributed by atoms with Crippen LogP contribution >= 0.6 is 0 Å². The van der Waals surface area contributed by atoms with E-state index in [-0.39, 0.29) is 12.5 Å². The van der Waals surface area contributed by atoms with E-state index < -0.39 is 11.9 Å². The van der Waals surface area contributed by atoms with Crippen molar-refractivity contribution in [1.29, 1.82) is 0 Å². The van der Waals surface area contributed by atoms with Crippen LogP contribution in [0.5, 0.6) is 0 Å². The Kier molecular flexibility index (Phi) is 5.83. The third-order valence-corrected chi connectivity index (χ3v) is 3.82. The van der Waals surface area contributed by atoms with Crippen LogP contribution in [-0.4, -0.2) is 24.6 Å². The number of hydrogen-bond donors (Lipinski definition) is 0. The predicted molar refractivity (Wildman–Crippen MR) is 72.5 cm³/mol. The summed E-state index contributed by atoms with van der Waals surface area (Å²) >= 11 is 0. The first kappa shape index (κ1) is 16.0. The Hall–Kier alpha value is -1.06. The van der Waals surface area contributed by atoms with E-state index in [9.17, 15) is 9.59 Å². The largest absolute Gasteiger partial charge is 0.466 e. The van der Waals surface area contributed by atoms with Crippen LogP contribution in [0.25, 0.3) is 0 Å². The molecule has 0 aromatic rings. The summed E-state index contributed by atoms with van der Waals surface area (Å²) in [6, 6.07) is 0. The Balaban J connectivity index is 2.39. The van der Waals surface area contributed by atoms with E-state index in [4.69, 9.17) is 9.47 Å². The van der Waals surface area contributed by atoms with Crippen molar-refractivity contribution in [2.24, 2.45) is 11.3 Å². The van der Waals surface area contributed by atoms with Gasteiger partial charge in [0.2, 0.25) is 0 Å². The minimum absolute atomic E-state index is 0.124. The van der Waals surface area contributed by atoms with Gasteiger partial charge in [0.1, 0.15) is 12.5 Å². The molecule has 1 fully saturated rings. The van der Waals surface area contributed by atoms with Crippen molar-refractivity contribution in [2.45, 2.75) is 65.9 Å². The first-order valence-electron chi connectivity index (χ1n) is 7.19. The van der Waals surface area contributed by atoms with E-state index in [0.29, 0.717) is 17.9 Å². The molecule has 0 unspecified atom stereocenters. The third kappa shape index (κ3) is 5.62. The van der Waals surface area contributed by atoms with Gasteiger partial charge in [0.25, 0.3) is 0 Å². The molecule has 0 radical (unpaired) electrons. The molecule has 19 heavy (non-hydrogen) atoms. The van der Waals surface area contributed by atoms with E-state index in [1.54, 1.807) is 6.92 Å². The van der Waals surface area contributed by atoms with Gasteiger partial charge in [-0.1, -0.05) is 20.3 Å². The van der Waals surface area contributed by atoms with Crippen molar-refractivity contribution in [3.05, 3.63) is 0 Å². The van der Waals surface area contributed by atoms with E-state index in [0.717, 1.165) is 12.8 Å². The van der Waals surface area contributed by atoms with Crippen LogP contribution in [0.2, 0.25) is 0 Å². The second-order valence-electron chi connectivity index (χ2n) is 6.20. The van der Waals surface area contributed by atoms with Gasteiger partial charge < -0.3 is 9.47 Å². The molecule has 0 bridgehead atoms. The molecule has 1 aliphatic carbocycles. The molecular formula is C15H26O4. The number of carbonyl (C=O) groups excluding carboxylic acids is 2. The summed E-state index contributed by atoms with van der Waals surface area (Å²) < 4.78 is 10.1. The summed E-state index contributed by atoms with van der Waals surface area (Å²) in [7, 11) is 0. The second-order valence-corrected chi connectivity index (χ2v) is 6.20. The number of rotatable bonds is 5. The van der Waals surface area contributed by atoms with Gasteiger partial charge in [-0.25, -0.2) is 0 Å². The lowest BCUT2D eigenvalue weighted by atomic mass is 9.71. The molecule has 0 aromatic heterocycles. The van der Waals surface area contributed by atoms with Gasteiger partial charge in [-0.2, -0.15) is 0 Å². The lowest BCUT2D eigenvalue weighted by molar-refractivity contribution is -0.159. The van der Waals surface area contributed by atoms with E-state index in [2.05, 4.69) is 13.8 Å². The normalized spacial score (nSPS) is 23.5. The zero-order valence-electron chi connectivity index (χ0n) is 12.5. The van der Waals surface area contributed by atoms with E-state index in [1.165, 1.54) is 12.8 Å². The molecule has 0 heterocycles. The maximum Gasteiger partial charge on any atom is 0.317 e. The predicted octanol–water partition coefficient (Wildman–Crippen LogP) is 3.09. The Morgan fingerprint density at radius 1 is 1.32 bits per heavy atom. The molecular weight excluding hydrogens is 244 g/mol. The first-order valence-corrected chi connectivity index (χ1v) is 7.19. The van der Waals surface area contributed by atoms with E-state index >= 15 is 0 Å². The summed E-state index contributed by atoms with van der Waals surface area (Å²) in [5.74, 6) is -0.590. The first-order chi connectivity index (χ1) is 8.84. The summed E-state index contributed by atoms with van der Waals surface area (Å²) in [6.45, 7) is 8.45. The fourth-order valence-electron chi connectivity index (χ4n) is 2.83. The van der Waals surface area contributed by atoms with Gasteiger partial charge in [-0.15, -0.1) is 0 Å². The Labute approximate surface area is 115 Å². The third-order valence-electron chi connectivity index (χ3n) is 3.82. The summed E-state index contributed by atoms with van der Waals surface area (Å²) in [4.78, 5) is 22.8. The van der Waals surface area contributed by atoms with Crippen molar-refractivity contribution in [1.82, 2.24) is 0 Å². The molecule has 1 rings (SSSR count). The smallest absolute Gasteiger partial charge is 0.317 e. The van der Waals surface area contributed by atoms with Gasteiger partial charge in [0.15, 0.2) is 0 Å². The molecule has 0 amide bonds. The average molecular weight is 270 g/mol. The molecule has 0 spiro atoms. The van der Waals surface area contributed by atoms with Gasteiger partial charge in [-0.3, -0.25) is 9.59 Å². The molecule has 0 saturated heterocycles. The summed E-state index contributed by atoms with van der Waals surface area (Å²) in [5, 5.41) is 0. The number of esters is 2. The van der Waals surface area contributed by atoms with Crippen molar-refractivity contribution in [3.63, 3.8) is 0 Å². The zero-order chi connectivity index (χ0) is 14.5. The molecule has 0 aromatic carbocycles. The Bertz CT molecular complexity index is 322. The van der Waals surface area contributed by atoms with Crippen LogP contribution in [0.1, 0.15) is 59.8 Å². The Morgan fingerprint density at radius 2 is 2.00 bits per heavy atom. The molecule has 1 aliphatic rings. The van der Waals surface area contributed by atoms with Crippen LogP contribution in [0.4, 0.5) is 0 Å². The van der Waals surface area contributed by atoms with Gasteiger partial charge >= 0.3 is 11.9 Å². The number of ether oxygens (including phenoxy) is 2. The van der Waals surface area contributed by atoms with Crippen molar-refractivity contribution in [2.75, 3.05) is 6.61 Å². The molecule has 1 saturated carbocycles. The average Bonchev–Trinajstić information content (AvgIpc) is 2.27. The maximum absolute atomic E-state index is 11.6. The van der Waals surface area contributed by atoms with Crippen LogP contribution in [-0.2, 0) is 19.1 Å². The van der Waals surface area contributed by atoms with Gasteiger partial charge in [0.05, 0.1) is 6.61 Å². The van der Waals surface area contributed by atoms with Crippen LogP contribution in [0, 0.1) is 11.3 Å². The fraction of sp³-hybridized carbons (Fsp3) is 0.867. The molecule has 110 valence electrons. The molecule has 4 nitrogen and oxygen atoms in total. The molecule has 2 atom stereocenters. The van der Waals surface area contributed by atoms with Gasteiger partial charge in [0, 0.05) is 0 Å². The van der Waals surface area contributed by atoms with Crippen molar-refractivity contribution < 1.29 is 19.1 Å². The fourth-order valence-corrected chi connectivity index (χ4v) is 2.83. The second kappa shape index (κ2) is 6.92. The number of hydrogen-bond acceptors (Lipinski definition) is 4. The van der Waals surface area contributed by atoms with Crippen LogP contribution in [0.3, 0.4) is 0 Å². The molecule has 0 aliphatic heterocycles. The van der Waals surface area contributed by atoms with Crippen LogP contribution in [0.15, 0.2) is 0 Å².